The smallest absolute Gasteiger partial charge is 0.229 e. The van der Waals surface area contributed by atoms with Crippen molar-refractivity contribution in [3.8, 4) is 11.5 Å². The van der Waals surface area contributed by atoms with Gasteiger partial charge >= 0.3 is 0 Å². The lowest BCUT2D eigenvalue weighted by atomic mass is 10.1. The molecule has 0 unspecified atom stereocenters. The van der Waals surface area contributed by atoms with Gasteiger partial charge in [0, 0.05) is 12.7 Å². The molecule has 1 aromatic heterocycles. The molecule has 0 fully saturated rings. The average molecular weight is 364 g/mol. The second-order valence-corrected chi connectivity index (χ2v) is 5.85. The third-order valence-corrected chi connectivity index (χ3v) is 3.94. The Morgan fingerprint density at radius 3 is 2.78 bits per heavy atom. The maximum atomic E-state index is 5.63. The first-order chi connectivity index (χ1) is 13.3. The summed E-state index contributed by atoms with van der Waals surface area (Å²) in [5.74, 6) is 2.94. The van der Waals surface area contributed by atoms with E-state index < -0.39 is 0 Å². The fourth-order valence-electron chi connectivity index (χ4n) is 2.65. The van der Waals surface area contributed by atoms with Crippen LogP contribution in [0.5, 0.6) is 11.5 Å². The second kappa shape index (κ2) is 9.43. The highest BCUT2D eigenvalue weighted by molar-refractivity contribution is 5.62. The van der Waals surface area contributed by atoms with Gasteiger partial charge in [-0.25, -0.2) is 4.98 Å². The summed E-state index contributed by atoms with van der Waals surface area (Å²) in [6, 6.07) is 17.7. The number of hydrogen-bond donors (Lipinski definition) is 2. The zero-order chi connectivity index (χ0) is 18.9. The number of rotatable bonds is 9. The number of para-hydroxylation sites is 2. The maximum absolute atomic E-state index is 5.63. The van der Waals surface area contributed by atoms with E-state index in [0.717, 1.165) is 36.0 Å². The van der Waals surface area contributed by atoms with Crippen molar-refractivity contribution in [1.82, 2.24) is 9.97 Å². The normalized spacial score (nSPS) is 10.3. The maximum Gasteiger partial charge on any atom is 0.229 e. The molecule has 0 atom stereocenters. The zero-order valence-electron chi connectivity index (χ0n) is 15.6. The number of nitrogens with one attached hydrogen (secondary N) is 2. The summed E-state index contributed by atoms with van der Waals surface area (Å²) in [5, 5.41) is 6.55. The van der Waals surface area contributed by atoms with Crippen LogP contribution in [-0.2, 0) is 6.42 Å². The van der Waals surface area contributed by atoms with E-state index in [1.165, 1.54) is 5.56 Å². The molecule has 0 radical (unpaired) electrons. The van der Waals surface area contributed by atoms with Crippen LogP contribution in [0.2, 0.25) is 0 Å². The fraction of sp³-hybridized carbons (Fsp3) is 0.238. The van der Waals surface area contributed by atoms with Crippen molar-refractivity contribution in [2.24, 2.45) is 0 Å². The Balaban J connectivity index is 1.60. The Labute approximate surface area is 159 Å². The first kappa shape index (κ1) is 18.5. The minimum Gasteiger partial charge on any atom is -0.497 e. The molecule has 1 heterocycles. The van der Waals surface area contributed by atoms with Crippen LogP contribution in [0.15, 0.2) is 60.8 Å². The number of anilines is 3. The van der Waals surface area contributed by atoms with Crippen molar-refractivity contribution in [3.05, 3.63) is 66.4 Å². The van der Waals surface area contributed by atoms with Crippen LogP contribution >= 0.6 is 0 Å². The number of hydrogen-bond acceptors (Lipinski definition) is 6. The molecule has 2 aromatic carbocycles. The van der Waals surface area contributed by atoms with Gasteiger partial charge in [0.25, 0.3) is 0 Å². The van der Waals surface area contributed by atoms with Crippen molar-refractivity contribution < 1.29 is 9.47 Å². The van der Waals surface area contributed by atoms with Crippen molar-refractivity contribution in [2.75, 3.05) is 30.9 Å². The van der Waals surface area contributed by atoms with E-state index in [0.29, 0.717) is 12.6 Å². The van der Waals surface area contributed by atoms with E-state index in [1.807, 2.05) is 55.5 Å². The van der Waals surface area contributed by atoms with Crippen LogP contribution in [0.25, 0.3) is 0 Å². The molecule has 27 heavy (non-hydrogen) atoms. The Hall–Kier alpha value is -3.28. The highest BCUT2D eigenvalue weighted by atomic mass is 16.5. The van der Waals surface area contributed by atoms with Crippen LogP contribution in [0.3, 0.4) is 0 Å². The topological polar surface area (TPSA) is 68.3 Å². The molecule has 0 aliphatic rings. The largest absolute Gasteiger partial charge is 0.497 e. The molecule has 6 heteroatoms. The SMILES string of the molecule is CCOc1ccccc1Nc1nccc(NCCc2cccc(OC)c2)n1. The lowest BCUT2D eigenvalue weighted by molar-refractivity contribution is 0.342. The molecule has 0 aliphatic heterocycles. The number of benzene rings is 2. The second-order valence-electron chi connectivity index (χ2n) is 5.85. The summed E-state index contributed by atoms with van der Waals surface area (Å²) in [7, 11) is 1.68. The summed E-state index contributed by atoms with van der Waals surface area (Å²) in [5.41, 5.74) is 2.05. The first-order valence-electron chi connectivity index (χ1n) is 8.97. The standard InChI is InChI=1S/C21H24N4O2/c1-3-27-19-10-5-4-9-18(19)24-21-23-14-12-20(25-21)22-13-11-16-7-6-8-17(15-16)26-2/h4-10,12,14-15H,3,11,13H2,1-2H3,(H2,22,23,24,25). The van der Waals surface area contributed by atoms with E-state index in [-0.39, 0.29) is 0 Å². The van der Waals surface area contributed by atoms with E-state index in [2.05, 4.69) is 26.7 Å². The molecule has 0 aliphatic carbocycles. The van der Waals surface area contributed by atoms with Crippen molar-refractivity contribution in [2.45, 2.75) is 13.3 Å². The van der Waals surface area contributed by atoms with E-state index in [4.69, 9.17) is 9.47 Å². The number of methoxy groups -OCH3 is 1. The monoisotopic (exact) mass is 364 g/mol. The summed E-state index contributed by atoms with van der Waals surface area (Å²) >= 11 is 0. The molecule has 0 amide bonds. The van der Waals surface area contributed by atoms with Crippen LogP contribution in [0, 0.1) is 0 Å². The van der Waals surface area contributed by atoms with Gasteiger partial charge in [0.05, 0.1) is 19.4 Å². The summed E-state index contributed by atoms with van der Waals surface area (Å²) < 4.78 is 10.9. The Bertz CT molecular complexity index is 870. The van der Waals surface area contributed by atoms with Crippen LogP contribution in [0.4, 0.5) is 17.5 Å². The van der Waals surface area contributed by atoms with E-state index in [9.17, 15) is 0 Å². The predicted molar refractivity (Wildman–Crippen MR) is 108 cm³/mol. The van der Waals surface area contributed by atoms with Crippen LogP contribution in [-0.4, -0.2) is 30.2 Å². The molecule has 6 nitrogen and oxygen atoms in total. The molecule has 0 saturated carbocycles. The molecule has 140 valence electrons. The van der Waals surface area contributed by atoms with Gasteiger partial charge in [-0.05, 0) is 49.2 Å². The Kier molecular flexibility index (Phi) is 6.46. The van der Waals surface area contributed by atoms with Gasteiger partial charge in [-0.3, -0.25) is 0 Å². The van der Waals surface area contributed by atoms with Gasteiger partial charge in [-0.1, -0.05) is 24.3 Å². The minimum atomic E-state index is 0.522. The highest BCUT2D eigenvalue weighted by Crippen LogP contribution is 2.26. The Morgan fingerprint density at radius 2 is 1.93 bits per heavy atom. The zero-order valence-corrected chi connectivity index (χ0v) is 15.6. The Morgan fingerprint density at radius 1 is 1.04 bits per heavy atom. The lowest BCUT2D eigenvalue weighted by Crippen LogP contribution is -2.08. The number of nitrogens with zero attached hydrogens (tertiary/aromatic N) is 2. The third-order valence-electron chi connectivity index (χ3n) is 3.94. The lowest BCUT2D eigenvalue weighted by Gasteiger charge is -2.12. The van der Waals surface area contributed by atoms with Crippen LogP contribution in [0.1, 0.15) is 12.5 Å². The van der Waals surface area contributed by atoms with Gasteiger partial charge in [-0.15, -0.1) is 0 Å². The number of ether oxygens (including phenoxy) is 2. The fourth-order valence-corrected chi connectivity index (χ4v) is 2.65. The molecule has 3 rings (SSSR count). The van der Waals surface area contributed by atoms with Crippen molar-refractivity contribution >= 4 is 17.5 Å². The van der Waals surface area contributed by atoms with Gasteiger partial charge in [-0.2, -0.15) is 4.98 Å². The molecule has 0 saturated heterocycles. The predicted octanol–water partition coefficient (Wildman–Crippen LogP) is 4.28. The molecule has 2 N–H and O–H groups in total. The minimum absolute atomic E-state index is 0.522. The van der Waals surface area contributed by atoms with Gasteiger partial charge in [0.15, 0.2) is 0 Å². The van der Waals surface area contributed by atoms with Crippen molar-refractivity contribution in [3.63, 3.8) is 0 Å². The molecule has 0 spiro atoms. The van der Waals surface area contributed by atoms with Crippen LogP contribution < -0.4 is 20.1 Å². The first-order valence-corrected chi connectivity index (χ1v) is 8.97. The highest BCUT2D eigenvalue weighted by Gasteiger charge is 2.05. The summed E-state index contributed by atoms with van der Waals surface area (Å²) in [4.78, 5) is 8.81. The van der Waals surface area contributed by atoms with E-state index in [1.54, 1.807) is 13.3 Å². The van der Waals surface area contributed by atoms with Gasteiger partial charge < -0.3 is 20.1 Å². The van der Waals surface area contributed by atoms with Gasteiger partial charge in [0.1, 0.15) is 17.3 Å². The molecule has 0 bridgehead atoms. The number of aromatic nitrogens is 2. The molecular formula is C21H24N4O2. The third kappa shape index (κ3) is 5.34. The molecule has 3 aromatic rings. The van der Waals surface area contributed by atoms with Gasteiger partial charge in [0.2, 0.25) is 5.95 Å². The quantitative estimate of drug-likeness (QED) is 0.591. The average Bonchev–Trinajstić information content (AvgIpc) is 2.70. The summed E-state index contributed by atoms with van der Waals surface area (Å²) in [6.45, 7) is 3.32. The van der Waals surface area contributed by atoms with E-state index >= 15 is 0 Å². The molecular weight excluding hydrogens is 340 g/mol. The summed E-state index contributed by atoms with van der Waals surface area (Å²) in [6.07, 6.45) is 2.60. The van der Waals surface area contributed by atoms with Crippen molar-refractivity contribution in [1.29, 1.82) is 0 Å².